The lowest BCUT2D eigenvalue weighted by Crippen LogP contribution is -2.49. The first-order valence-corrected chi connectivity index (χ1v) is 17.3. The lowest BCUT2D eigenvalue weighted by molar-refractivity contribution is -0.128. The smallest absolute Gasteiger partial charge is 0.264 e. The highest BCUT2D eigenvalue weighted by Gasteiger charge is 2.44. The van der Waals surface area contributed by atoms with Crippen LogP contribution in [0.5, 0.6) is 5.75 Å². The van der Waals surface area contributed by atoms with Crippen LogP contribution in [0.1, 0.15) is 80.8 Å². The zero-order chi connectivity index (χ0) is 29.8. The van der Waals surface area contributed by atoms with Crippen molar-refractivity contribution in [2.24, 2.45) is 23.7 Å². The fourth-order valence-electron chi connectivity index (χ4n) is 7.74. The summed E-state index contributed by atoms with van der Waals surface area (Å²) in [4.78, 5) is 29.2. The van der Waals surface area contributed by atoms with E-state index in [0.717, 1.165) is 42.8 Å². The molecule has 2 bridgehead atoms. The Hall–Kier alpha value is -2.58. The van der Waals surface area contributed by atoms with Crippen molar-refractivity contribution in [3.63, 3.8) is 0 Å². The zero-order valence-electron chi connectivity index (χ0n) is 24.7. The van der Waals surface area contributed by atoms with Crippen molar-refractivity contribution in [1.29, 1.82) is 0 Å². The molecule has 9 heteroatoms. The Bertz CT molecular complexity index is 1510. The van der Waals surface area contributed by atoms with Gasteiger partial charge in [0.15, 0.2) is 0 Å². The van der Waals surface area contributed by atoms with E-state index in [4.69, 9.17) is 16.3 Å². The number of ketones is 1. The number of nitrogens with one attached hydrogen (secondary N) is 1. The molecule has 0 aromatic heterocycles. The summed E-state index contributed by atoms with van der Waals surface area (Å²) in [5.74, 6) is 0.413. The molecule has 0 saturated heterocycles. The van der Waals surface area contributed by atoms with E-state index in [1.165, 1.54) is 11.1 Å². The van der Waals surface area contributed by atoms with Crippen molar-refractivity contribution in [1.82, 2.24) is 4.72 Å². The maximum Gasteiger partial charge on any atom is 0.264 e. The first-order valence-electron chi connectivity index (χ1n) is 15.3. The average molecular weight is 613 g/mol. The van der Waals surface area contributed by atoms with Gasteiger partial charge in [0, 0.05) is 41.4 Å². The van der Waals surface area contributed by atoms with Crippen LogP contribution in [0.25, 0.3) is 0 Å². The number of Topliss-reactive ketones (excluding diaryl/α,β-unsaturated/α-hetero) is 1. The van der Waals surface area contributed by atoms with Crippen LogP contribution in [0.3, 0.4) is 0 Å². The van der Waals surface area contributed by atoms with E-state index in [9.17, 15) is 18.0 Å². The van der Waals surface area contributed by atoms with Crippen LogP contribution in [0.15, 0.2) is 36.4 Å². The van der Waals surface area contributed by atoms with Crippen LogP contribution >= 0.6 is 11.6 Å². The molecule has 2 aromatic rings. The normalized spacial score (nSPS) is 33.0. The minimum absolute atomic E-state index is 0.00400. The van der Waals surface area contributed by atoms with Crippen molar-refractivity contribution < 1.29 is 22.7 Å². The maximum absolute atomic E-state index is 13.5. The average Bonchev–Trinajstić information content (AvgIpc) is 3.06. The van der Waals surface area contributed by atoms with Crippen LogP contribution in [0.2, 0.25) is 5.02 Å². The minimum Gasteiger partial charge on any atom is -0.490 e. The number of carbonyl (C=O) groups excluding carboxylic acids is 2. The number of benzene rings is 2. The third-order valence-electron chi connectivity index (χ3n) is 10.4. The highest BCUT2D eigenvalue weighted by Crippen LogP contribution is 2.46. The highest BCUT2D eigenvalue weighted by molar-refractivity contribution is 7.90. The van der Waals surface area contributed by atoms with Crippen molar-refractivity contribution in [2.45, 2.75) is 76.4 Å². The standard InChI is InChI=1S/C33H41ClN2O5S/c1-20-13-21(2)22(3)42(39,40)35-32(38)24-7-11-31-29(16-24)36(17-25-6-9-27(25)30(37)14-20)18-33(19-41-31)12-4-5-23-15-26(34)8-10-28(23)33/h7-8,10-11,15-16,20-22,25,27H,4-6,9,12-14,17-19H2,1-3H3,(H,35,38)/t20-,21-,22+,25-,27+,33-/m0/s1. The van der Waals surface area contributed by atoms with E-state index in [1.807, 2.05) is 19.9 Å². The number of carbonyl (C=O) groups is 2. The largest absolute Gasteiger partial charge is 0.490 e. The molecule has 4 aliphatic rings. The highest BCUT2D eigenvalue weighted by atomic mass is 35.5. The van der Waals surface area contributed by atoms with Gasteiger partial charge in [-0.3, -0.25) is 9.59 Å². The van der Waals surface area contributed by atoms with E-state index in [-0.39, 0.29) is 40.4 Å². The van der Waals surface area contributed by atoms with Gasteiger partial charge in [-0.15, -0.1) is 0 Å². The molecule has 226 valence electrons. The second-order valence-electron chi connectivity index (χ2n) is 13.4. The molecule has 0 unspecified atom stereocenters. The number of hydrogen-bond acceptors (Lipinski definition) is 6. The summed E-state index contributed by atoms with van der Waals surface area (Å²) in [7, 11) is -3.92. The number of hydrogen-bond donors (Lipinski definition) is 1. The molecule has 6 atom stereocenters. The zero-order valence-corrected chi connectivity index (χ0v) is 26.3. The maximum atomic E-state index is 13.5. The van der Waals surface area contributed by atoms with E-state index >= 15 is 0 Å². The van der Waals surface area contributed by atoms with Gasteiger partial charge in [-0.25, -0.2) is 13.1 Å². The van der Waals surface area contributed by atoms with Gasteiger partial charge in [0.25, 0.3) is 5.91 Å². The predicted octanol–water partition coefficient (Wildman–Crippen LogP) is 5.92. The van der Waals surface area contributed by atoms with Gasteiger partial charge in [-0.2, -0.15) is 0 Å². The van der Waals surface area contributed by atoms with E-state index in [1.54, 1.807) is 25.1 Å². The molecule has 7 nitrogen and oxygen atoms in total. The molecule has 42 heavy (non-hydrogen) atoms. The molecule has 2 aliphatic carbocycles. The molecule has 2 aromatic carbocycles. The number of rotatable bonds is 0. The summed E-state index contributed by atoms with van der Waals surface area (Å²) in [6.45, 7) is 7.41. The summed E-state index contributed by atoms with van der Waals surface area (Å²) < 4.78 is 35.3. The van der Waals surface area contributed by atoms with Gasteiger partial charge in [0.1, 0.15) is 11.5 Å². The second-order valence-corrected chi connectivity index (χ2v) is 15.9. The van der Waals surface area contributed by atoms with E-state index in [2.05, 4.69) is 21.8 Å². The number of nitrogens with zero attached hydrogens (tertiary/aromatic N) is 1. The monoisotopic (exact) mass is 612 g/mol. The number of amides is 1. The van der Waals surface area contributed by atoms with E-state index < -0.39 is 21.2 Å². The van der Waals surface area contributed by atoms with Crippen LogP contribution in [0, 0.1) is 23.7 Å². The fourth-order valence-corrected chi connectivity index (χ4v) is 9.22. The Labute approximate surface area is 254 Å². The molecular weight excluding hydrogens is 572 g/mol. The summed E-state index contributed by atoms with van der Waals surface area (Å²) in [5.41, 5.74) is 3.28. The van der Waals surface area contributed by atoms with Crippen LogP contribution in [-0.2, 0) is 26.7 Å². The predicted molar refractivity (Wildman–Crippen MR) is 165 cm³/mol. The molecule has 1 N–H and O–H groups in total. The van der Waals surface area contributed by atoms with Crippen molar-refractivity contribution in [3.05, 3.63) is 58.1 Å². The molecule has 1 amide bonds. The van der Waals surface area contributed by atoms with E-state index in [0.29, 0.717) is 38.3 Å². The number of sulfonamides is 1. The van der Waals surface area contributed by atoms with Gasteiger partial charge in [-0.1, -0.05) is 31.5 Å². The minimum atomic E-state index is -3.92. The summed E-state index contributed by atoms with van der Waals surface area (Å²) in [5, 5.41) is -0.0447. The fraction of sp³-hybridized carbons (Fsp3) is 0.576. The van der Waals surface area contributed by atoms with Crippen LogP contribution in [-0.4, -0.2) is 45.1 Å². The number of anilines is 1. The third kappa shape index (κ3) is 5.45. The molecule has 0 radical (unpaired) electrons. The summed E-state index contributed by atoms with van der Waals surface area (Å²) in [6, 6.07) is 11.3. The number of ether oxygens (including phenoxy) is 1. The van der Waals surface area contributed by atoms with Crippen LogP contribution in [0.4, 0.5) is 5.69 Å². The quantitative estimate of drug-likeness (QED) is 0.397. The molecule has 2 aliphatic heterocycles. The lowest BCUT2D eigenvalue weighted by Gasteiger charge is -2.44. The SMILES string of the molecule is C[C@@H]1CC(=O)[C@@H]2CC[C@H]2CN2C[C@@]3(CCCc4cc(Cl)ccc43)COc3ccc(cc32)C(=O)NS(=O)(=O)[C@H](C)[C@@H](C)C1. The number of fused-ring (bicyclic) bond motifs is 4. The number of halogens is 1. The van der Waals surface area contributed by atoms with Crippen molar-refractivity contribution >= 4 is 39.0 Å². The van der Waals surface area contributed by atoms with Gasteiger partial charge in [0.2, 0.25) is 10.0 Å². The molecule has 1 spiro atoms. The molecule has 2 heterocycles. The Balaban J connectivity index is 1.42. The van der Waals surface area contributed by atoms with Crippen molar-refractivity contribution in [2.75, 3.05) is 24.6 Å². The molecule has 1 saturated carbocycles. The number of aryl methyl sites for hydroxylation is 1. The second kappa shape index (κ2) is 11.2. The van der Waals surface area contributed by atoms with Gasteiger partial charge < -0.3 is 9.64 Å². The van der Waals surface area contributed by atoms with Crippen LogP contribution < -0.4 is 14.4 Å². The summed E-state index contributed by atoms with van der Waals surface area (Å²) in [6.07, 6.45) is 5.88. The Morgan fingerprint density at radius 2 is 1.88 bits per heavy atom. The van der Waals surface area contributed by atoms with Gasteiger partial charge in [0.05, 0.1) is 17.5 Å². The molecule has 1 fully saturated rings. The van der Waals surface area contributed by atoms with Gasteiger partial charge >= 0.3 is 0 Å². The first kappa shape index (κ1) is 29.5. The molecular formula is C33H41ClN2O5S. The van der Waals surface area contributed by atoms with Gasteiger partial charge in [-0.05, 0) is 105 Å². The Morgan fingerprint density at radius 1 is 1.07 bits per heavy atom. The summed E-state index contributed by atoms with van der Waals surface area (Å²) >= 11 is 6.38. The third-order valence-corrected chi connectivity index (χ3v) is 12.6. The lowest BCUT2D eigenvalue weighted by atomic mass is 9.68. The first-order chi connectivity index (χ1) is 20.0. The topological polar surface area (TPSA) is 92.8 Å². The van der Waals surface area contributed by atoms with Crippen molar-refractivity contribution in [3.8, 4) is 5.75 Å². The molecule has 6 rings (SSSR count). The Morgan fingerprint density at radius 3 is 2.64 bits per heavy atom. The Kier molecular flexibility index (Phi) is 7.84.